The minimum Gasteiger partial charge on any atom is -0.450 e. The van der Waals surface area contributed by atoms with Crippen LogP contribution in [-0.2, 0) is 4.74 Å². The lowest BCUT2D eigenvalue weighted by Gasteiger charge is -2.29. The lowest BCUT2D eigenvalue weighted by atomic mass is 9.98. The summed E-state index contributed by atoms with van der Waals surface area (Å²) in [6.07, 6.45) is 0.735. The topological polar surface area (TPSA) is 63.0 Å². The Morgan fingerprint density at radius 2 is 1.81 bits per heavy atom. The van der Waals surface area contributed by atoms with E-state index in [-0.39, 0.29) is 17.1 Å². The smallest absolute Gasteiger partial charge is 0.290 e. The Balaban J connectivity index is 1.53. The third-order valence-corrected chi connectivity index (χ3v) is 6.01. The molecule has 1 amide bonds. The molecule has 31 heavy (non-hydrogen) atoms. The van der Waals surface area contributed by atoms with Crippen LogP contribution in [0.2, 0.25) is 0 Å². The summed E-state index contributed by atoms with van der Waals surface area (Å²) in [5.41, 5.74) is 1.00. The summed E-state index contributed by atoms with van der Waals surface area (Å²) in [6, 6.07) is 12.3. The maximum Gasteiger partial charge on any atom is 0.290 e. The lowest BCUT2D eigenvalue weighted by Crippen LogP contribution is -2.38. The van der Waals surface area contributed by atoms with Gasteiger partial charge in [0.1, 0.15) is 11.4 Å². The predicted molar refractivity (Wildman–Crippen MR) is 114 cm³/mol. The number of amides is 1. The maximum absolute atomic E-state index is 14.0. The Morgan fingerprint density at radius 1 is 1.00 bits per heavy atom. The quantitative estimate of drug-likeness (QED) is 0.632. The van der Waals surface area contributed by atoms with E-state index in [4.69, 9.17) is 9.15 Å². The van der Waals surface area contributed by atoms with Crippen LogP contribution < -0.4 is 5.43 Å². The van der Waals surface area contributed by atoms with E-state index in [1.807, 2.05) is 0 Å². The van der Waals surface area contributed by atoms with Crippen molar-refractivity contribution in [3.63, 3.8) is 0 Å². The first kappa shape index (κ1) is 19.9. The average molecular weight is 422 g/mol. The molecular weight excluding hydrogens is 399 g/mol. The zero-order valence-electron chi connectivity index (χ0n) is 17.1. The Kier molecular flexibility index (Phi) is 5.29. The van der Waals surface area contributed by atoms with Crippen molar-refractivity contribution in [2.24, 2.45) is 0 Å². The highest BCUT2D eigenvalue weighted by Crippen LogP contribution is 2.38. The van der Waals surface area contributed by atoms with E-state index in [9.17, 15) is 14.0 Å². The van der Waals surface area contributed by atoms with Crippen molar-refractivity contribution in [1.82, 2.24) is 9.80 Å². The number of hydrogen-bond donors (Lipinski definition) is 0. The van der Waals surface area contributed by atoms with Crippen molar-refractivity contribution in [2.75, 3.05) is 39.4 Å². The Labute approximate surface area is 178 Å². The zero-order chi connectivity index (χ0) is 21.4. The SMILES string of the molecule is O=C1c2oc3ccccc3c(=O)c2[C@@H](c2cccc(F)c2)N1CCCN1CCOCC1. The van der Waals surface area contributed by atoms with Crippen LogP contribution in [0.3, 0.4) is 0 Å². The van der Waals surface area contributed by atoms with E-state index < -0.39 is 11.9 Å². The summed E-state index contributed by atoms with van der Waals surface area (Å²) in [5.74, 6) is -0.671. The highest BCUT2D eigenvalue weighted by atomic mass is 19.1. The largest absolute Gasteiger partial charge is 0.450 e. The van der Waals surface area contributed by atoms with Crippen molar-refractivity contribution in [3.05, 3.63) is 81.5 Å². The number of hydrogen-bond acceptors (Lipinski definition) is 5. The van der Waals surface area contributed by atoms with Gasteiger partial charge in [-0.15, -0.1) is 0 Å². The number of halogens is 1. The molecule has 2 aliphatic rings. The number of fused-ring (bicyclic) bond motifs is 2. The van der Waals surface area contributed by atoms with Gasteiger partial charge < -0.3 is 14.1 Å². The highest BCUT2D eigenvalue weighted by molar-refractivity contribution is 5.99. The summed E-state index contributed by atoms with van der Waals surface area (Å²) in [4.78, 5) is 30.6. The van der Waals surface area contributed by atoms with E-state index in [1.54, 1.807) is 41.3 Å². The normalized spacial score (nSPS) is 19.2. The van der Waals surface area contributed by atoms with Gasteiger partial charge in [0.2, 0.25) is 5.76 Å². The fourth-order valence-corrected chi connectivity index (χ4v) is 4.51. The molecule has 0 spiro atoms. The van der Waals surface area contributed by atoms with Gasteiger partial charge in [-0.25, -0.2) is 4.39 Å². The molecule has 6 nitrogen and oxygen atoms in total. The van der Waals surface area contributed by atoms with Crippen LogP contribution >= 0.6 is 0 Å². The molecule has 2 aromatic carbocycles. The molecule has 5 rings (SSSR count). The summed E-state index contributed by atoms with van der Waals surface area (Å²) in [7, 11) is 0. The zero-order valence-corrected chi connectivity index (χ0v) is 17.1. The molecule has 2 aliphatic heterocycles. The third-order valence-electron chi connectivity index (χ3n) is 6.01. The molecule has 1 atom stereocenters. The molecule has 0 saturated carbocycles. The minimum absolute atomic E-state index is 0.0596. The Bertz CT molecular complexity index is 1190. The molecule has 1 aromatic heterocycles. The standard InChI is InChI=1S/C24H23FN2O4/c25-17-6-3-5-16(15-17)21-20-22(28)18-7-1-2-8-19(18)31-23(20)24(29)27(21)10-4-9-26-11-13-30-14-12-26/h1-3,5-8,15,21H,4,9-14H2/t21-/m1/s1. The summed E-state index contributed by atoms with van der Waals surface area (Å²) in [6.45, 7) is 4.43. The summed E-state index contributed by atoms with van der Waals surface area (Å²) in [5, 5.41) is 0.422. The second-order valence-corrected chi connectivity index (χ2v) is 7.93. The van der Waals surface area contributed by atoms with Gasteiger partial charge >= 0.3 is 0 Å². The van der Waals surface area contributed by atoms with Gasteiger partial charge in [0.15, 0.2) is 5.43 Å². The molecule has 3 heterocycles. The van der Waals surface area contributed by atoms with Crippen LogP contribution in [0.15, 0.2) is 57.7 Å². The van der Waals surface area contributed by atoms with Gasteiger partial charge in [0.25, 0.3) is 5.91 Å². The number of ether oxygens (including phenoxy) is 1. The molecule has 0 bridgehead atoms. The lowest BCUT2D eigenvalue weighted by molar-refractivity contribution is 0.0353. The van der Waals surface area contributed by atoms with Gasteiger partial charge in [0, 0.05) is 26.2 Å². The van der Waals surface area contributed by atoms with Gasteiger partial charge in [-0.2, -0.15) is 0 Å². The molecule has 0 radical (unpaired) electrons. The van der Waals surface area contributed by atoms with E-state index >= 15 is 0 Å². The first-order chi connectivity index (χ1) is 15.1. The van der Waals surface area contributed by atoms with Crippen molar-refractivity contribution in [2.45, 2.75) is 12.5 Å². The van der Waals surface area contributed by atoms with Crippen molar-refractivity contribution >= 4 is 16.9 Å². The van der Waals surface area contributed by atoms with E-state index in [0.717, 1.165) is 26.1 Å². The molecule has 1 fully saturated rings. The van der Waals surface area contributed by atoms with Gasteiger partial charge in [-0.1, -0.05) is 24.3 Å². The van der Waals surface area contributed by atoms with Gasteiger partial charge in [-0.3, -0.25) is 14.5 Å². The molecule has 160 valence electrons. The van der Waals surface area contributed by atoms with Gasteiger partial charge in [-0.05, 0) is 36.2 Å². The monoisotopic (exact) mass is 422 g/mol. The third kappa shape index (κ3) is 3.64. The fraction of sp³-hybridized carbons (Fsp3) is 0.333. The average Bonchev–Trinajstić information content (AvgIpc) is 3.07. The van der Waals surface area contributed by atoms with Crippen LogP contribution in [-0.4, -0.2) is 55.1 Å². The van der Waals surface area contributed by atoms with Crippen LogP contribution in [0.1, 0.15) is 34.1 Å². The molecule has 7 heteroatoms. The van der Waals surface area contributed by atoms with Crippen molar-refractivity contribution < 1.29 is 18.3 Å². The van der Waals surface area contributed by atoms with E-state index in [2.05, 4.69) is 4.90 Å². The summed E-state index contributed by atoms with van der Waals surface area (Å²) < 4.78 is 25.3. The number of morpholine rings is 1. The first-order valence-electron chi connectivity index (χ1n) is 10.6. The van der Waals surface area contributed by atoms with Gasteiger partial charge in [0.05, 0.1) is 30.2 Å². The number of carbonyl (C=O) groups excluding carboxylic acids is 1. The number of carbonyl (C=O) groups is 1. The number of para-hydroxylation sites is 1. The Morgan fingerprint density at radius 3 is 2.61 bits per heavy atom. The second kappa shape index (κ2) is 8.24. The van der Waals surface area contributed by atoms with Crippen molar-refractivity contribution in [3.8, 4) is 0 Å². The Hall–Kier alpha value is -3.03. The minimum atomic E-state index is -0.663. The molecule has 0 N–H and O–H groups in total. The van der Waals surface area contributed by atoms with Crippen LogP contribution in [0.4, 0.5) is 4.39 Å². The van der Waals surface area contributed by atoms with E-state index in [1.165, 1.54) is 12.1 Å². The molecule has 0 aliphatic carbocycles. The summed E-state index contributed by atoms with van der Waals surface area (Å²) >= 11 is 0. The van der Waals surface area contributed by atoms with Crippen LogP contribution in [0, 0.1) is 5.82 Å². The number of nitrogens with zero attached hydrogens (tertiary/aromatic N) is 2. The van der Waals surface area contributed by atoms with Crippen molar-refractivity contribution in [1.29, 1.82) is 0 Å². The molecule has 1 saturated heterocycles. The number of rotatable bonds is 5. The predicted octanol–water partition coefficient (Wildman–Crippen LogP) is 3.20. The second-order valence-electron chi connectivity index (χ2n) is 7.93. The van der Waals surface area contributed by atoms with E-state index in [0.29, 0.717) is 41.9 Å². The maximum atomic E-state index is 14.0. The molecule has 3 aromatic rings. The first-order valence-corrected chi connectivity index (χ1v) is 10.6. The fourth-order valence-electron chi connectivity index (χ4n) is 4.51. The van der Waals surface area contributed by atoms with Crippen LogP contribution in [0.25, 0.3) is 11.0 Å². The molecular formula is C24H23FN2O4. The highest BCUT2D eigenvalue weighted by Gasteiger charge is 2.42. The molecule has 0 unspecified atom stereocenters. The number of benzene rings is 2. The van der Waals surface area contributed by atoms with Crippen LogP contribution in [0.5, 0.6) is 0 Å².